The van der Waals surface area contributed by atoms with Gasteiger partial charge in [-0.25, -0.2) is 14.5 Å². The van der Waals surface area contributed by atoms with Gasteiger partial charge in [-0.2, -0.15) is 23.5 Å². The van der Waals surface area contributed by atoms with Crippen molar-refractivity contribution in [3.05, 3.63) is 0 Å². The van der Waals surface area contributed by atoms with Gasteiger partial charge in [-0.15, -0.1) is 0 Å². The molecule has 0 aliphatic carbocycles. The third-order valence-corrected chi connectivity index (χ3v) is 6.14. The lowest BCUT2D eigenvalue weighted by Crippen LogP contribution is -2.67. The number of nitrogens with one attached hydrogen (secondary N) is 1. The third kappa shape index (κ3) is 9.59. The topological polar surface area (TPSA) is 102 Å². The Balaban J connectivity index is 6.40. The maximum Gasteiger partial charge on any atom is 0.419 e. The number of imide groups is 1. The van der Waals surface area contributed by atoms with Crippen LogP contribution in [0.5, 0.6) is 0 Å². The highest BCUT2D eigenvalue weighted by Crippen LogP contribution is 2.31. The molecule has 8 nitrogen and oxygen atoms in total. The van der Waals surface area contributed by atoms with Crippen LogP contribution in [-0.4, -0.2) is 63.2 Å². The van der Waals surface area contributed by atoms with Crippen LogP contribution in [0.4, 0.5) is 9.59 Å². The summed E-state index contributed by atoms with van der Waals surface area (Å²) in [7, 11) is 0. The lowest BCUT2D eigenvalue weighted by atomic mass is 10.1. The summed E-state index contributed by atoms with van der Waals surface area (Å²) < 4.78 is 10.5. The molecule has 10 heteroatoms. The largest absolute Gasteiger partial charge is 0.444 e. The number of rotatable bonds is 9. The van der Waals surface area contributed by atoms with E-state index in [1.807, 2.05) is 12.5 Å². The van der Waals surface area contributed by atoms with Crippen molar-refractivity contribution in [1.29, 1.82) is 0 Å². The summed E-state index contributed by atoms with van der Waals surface area (Å²) in [4.78, 5) is 51.7. The van der Waals surface area contributed by atoms with Crippen LogP contribution in [0.2, 0.25) is 0 Å². The van der Waals surface area contributed by atoms with Gasteiger partial charge in [-0.3, -0.25) is 14.9 Å². The van der Waals surface area contributed by atoms with Crippen molar-refractivity contribution in [3.63, 3.8) is 0 Å². The fourth-order valence-electron chi connectivity index (χ4n) is 2.45. The maximum absolute atomic E-state index is 13.0. The third-order valence-electron chi connectivity index (χ3n) is 3.60. The molecular weight excluding hydrogens is 428 g/mol. The summed E-state index contributed by atoms with van der Waals surface area (Å²) in [6.07, 6.45) is 2.65. The zero-order valence-corrected chi connectivity index (χ0v) is 21.1. The average molecular weight is 465 g/mol. The SMILES string of the molecule is CCCC(=O)N(C(=O)OC(C)(C)C)[C@](C=O)(CC(SC)SC)NC(=O)OC(C)(C)C. The minimum atomic E-state index is -1.95. The Bertz CT molecular complexity index is 611. The second-order valence-electron chi connectivity index (χ2n) is 8.73. The summed E-state index contributed by atoms with van der Waals surface area (Å²) in [5.74, 6) is -0.615. The van der Waals surface area contributed by atoms with E-state index in [9.17, 15) is 19.2 Å². The van der Waals surface area contributed by atoms with Gasteiger partial charge in [-0.05, 0) is 60.5 Å². The van der Waals surface area contributed by atoms with Crippen molar-refractivity contribution in [2.75, 3.05) is 12.5 Å². The van der Waals surface area contributed by atoms with E-state index in [1.54, 1.807) is 48.5 Å². The minimum Gasteiger partial charge on any atom is -0.444 e. The Hall–Kier alpha value is -1.42. The van der Waals surface area contributed by atoms with Crippen LogP contribution in [0.25, 0.3) is 0 Å². The lowest BCUT2D eigenvalue weighted by molar-refractivity contribution is -0.142. The maximum atomic E-state index is 13.0. The van der Waals surface area contributed by atoms with Crippen molar-refractivity contribution in [2.45, 2.75) is 89.2 Å². The van der Waals surface area contributed by atoms with Gasteiger partial charge >= 0.3 is 12.2 Å². The molecular formula is C20H36N2O6S2. The van der Waals surface area contributed by atoms with E-state index in [1.165, 1.54) is 23.5 Å². The molecule has 0 saturated heterocycles. The molecule has 1 N–H and O–H groups in total. The number of aldehydes is 1. The van der Waals surface area contributed by atoms with Gasteiger partial charge in [0.1, 0.15) is 11.2 Å². The van der Waals surface area contributed by atoms with Gasteiger partial charge < -0.3 is 9.47 Å². The highest BCUT2D eigenvalue weighted by molar-refractivity contribution is 8.16. The number of carbonyl (C=O) groups excluding carboxylic acids is 4. The number of ether oxygens (including phenoxy) is 2. The molecule has 0 aromatic carbocycles. The smallest absolute Gasteiger partial charge is 0.419 e. The Morgan fingerprint density at radius 1 is 1.00 bits per heavy atom. The second-order valence-corrected chi connectivity index (χ2v) is 11.1. The van der Waals surface area contributed by atoms with Crippen LogP contribution in [-0.2, 0) is 19.1 Å². The first-order valence-electron chi connectivity index (χ1n) is 9.73. The van der Waals surface area contributed by atoms with Crippen LogP contribution in [0.3, 0.4) is 0 Å². The molecule has 174 valence electrons. The van der Waals surface area contributed by atoms with Gasteiger partial charge in [0, 0.05) is 12.8 Å². The van der Waals surface area contributed by atoms with E-state index in [-0.39, 0.29) is 17.4 Å². The number of hydrogen-bond donors (Lipinski definition) is 1. The highest BCUT2D eigenvalue weighted by Gasteiger charge is 2.48. The zero-order chi connectivity index (χ0) is 23.8. The van der Waals surface area contributed by atoms with Crippen molar-refractivity contribution >= 4 is 47.9 Å². The zero-order valence-electron chi connectivity index (χ0n) is 19.5. The Kier molecular flexibility index (Phi) is 11.3. The van der Waals surface area contributed by atoms with E-state index in [0.29, 0.717) is 12.7 Å². The number of thioether (sulfide) groups is 2. The van der Waals surface area contributed by atoms with Crippen molar-refractivity contribution in [1.82, 2.24) is 10.2 Å². The van der Waals surface area contributed by atoms with Crippen LogP contribution in [0.1, 0.15) is 67.7 Å². The summed E-state index contributed by atoms with van der Waals surface area (Å²) >= 11 is 2.88. The average Bonchev–Trinajstić information content (AvgIpc) is 2.56. The van der Waals surface area contributed by atoms with Crippen LogP contribution in [0.15, 0.2) is 0 Å². The van der Waals surface area contributed by atoms with Crippen molar-refractivity contribution < 1.29 is 28.7 Å². The van der Waals surface area contributed by atoms with E-state index in [4.69, 9.17) is 9.47 Å². The predicted octanol–water partition coefficient (Wildman–Crippen LogP) is 4.41. The Morgan fingerprint density at radius 2 is 1.50 bits per heavy atom. The van der Waals surface area contributed by atoms with Gasteiger partial charge in [0.2, 0.25) is 5.91 Å². The van der Waals surface area contributed by atoms with Gasteiger partial charge in [0.15, 0.2) is 11.9 Å². The molecule has 0 spiro atoms. The van der Waals surface area contributed by atoms with E-state index in [0.717, 1.165) is 4.90 Å². The van der Waals surface area contributed by atoms with E-state index in [2.05, 4.69) is 5.32 Å². The number of carbonyl (C=O) groups is 4. The van der Waals surface area contributed by atoms with E-state index >= 15 is 0 Å². The monoisotopic (exact) mass is 464 g/mol. The van der Waals surface area contributed by atoms with Crippen molar-refractivity contribution in [3.8, 4) is 0 Å². The number of alkyl carbamates (subject to hydrolysis) is 1. The molecule has 0 heterocycles. The summed E-state index contributed by atoms with van der Waals surface area (Å²) in [6, 6.07) is 0. The molecule has 0 radical (unpaired) electrons. The molecule has 0 bridgehead atoms. The summed E-state index contributed by atoms with van der Waals surface area (Å²) in [6.45, 7) is 11.8. The normalized spacial score (nSPS) is 13.9. The standard InChI is InChI=1S/C20H36N2O6S2/c1-10-11-14(24)22(17(26)28-19(5,6)7)20(13-23,12-15(29-8)30-9)21-16(25)27-18(2,3)4/h13,15H,10-12H2,1-9H3,(H,21,25)/t20-/m0/s1. The number of amides is 3. The highest BCUT2D eigenvalue weighted by atomic mass is 32.2. The Morgan fingerprint density at radius 3 is 1.87 bits per heavy atom. The molecule has 0 unspecified atom stereocenters. The van der Waals surface area contributed by atoms with Gasteiger partial charge in [-0.1, -0.05) is 6.92 Å². The van der Waals surface area contributed by atoms with Crippen LogP contribution >= 0.6 is 23.5 Å². The molecule has 0 saturated carbocycles. The molecule has 30 heavy (non-hydrogen) atoms. The molecule has 0 aromatic heterocycles. The van der Waals surface area contributed by atoms with Gasteiger partial charge in [0.05, 0.1) is 4.58 Å². The second kappa shape index (κ2) is 11.8. The molecule has 1 atom stereocenters. The summed E-state index contributed by atoms with van der Waals surface area (Å²) in [5, 5.41) is 2.49. The molecule has 3 amide bonds. The number of nitrogens with zero attached hydrogens (tertiary/aromatic N) is 1. The number of hydrogen-bond acceptors (Lipinski definition) is 8. The molecule has 0 aliphatic rings. The first-order chi connectivity index (χ1) is 13.6. The first-order valence-corrected chi connectivity index (χ1v) is 12.3. The molecule has 0 aromatic rings. The first kappa shape index (κ1) is 28.6. The molecule has 0 aliphatic heterocycles. The van der Waals surface area contributed by atoms with Crippen LogP contribution in [0, 0.1) is 0 Å². The van der Waals surface area contributed by atoms with Crippen molar-refractivity contribution in [2.24, 2.45) is 0 Å². The summed E-state index contributed by atoms with van der Waals surface area (Å²) in [5.41, 5.74) is -3.68. The van der Waals surface area contributed by atoms with Crippen LogP contribution < -0.4 is 5.32 Å². The predicted molar refractivity (Wildman–Crippen MR) is 122 cm³/mol. The van der Waals surface area contributed by atoms with Gasteiger partial charge in [0.25, 0.3) is 0 Å². The lowest BCUT2D eigenvalue weighted by Gasteiger charge is -2.40. The molecule has 0 rings (SSSR count). The molecule has 0 fully saturated rings. The fraction of sp³-hybridized carbons (Fsp3) is 0.800. The van der Waals surface area contributed by atoms with E-state index < -0.39 is 35.0 Å². The minimum absolute atomic E-state index is 0.00717. The quantitative estimate of drug-likeness (QED) is 0.395. The fourth-order valence-corrected chi connectivity index (χ4v) is 4.06. The Labute approximate surface area is 188 Å².